The van der Waals surface area contributed by atoms with Gasteiger partial charge in [0.05, 0.1) is 30.2 Å². The van der Waals surface area contributed by atoms with Crippen molar-refractivity contribution in [1.82, 2.24) is 20.2 Å². The van der Waals surface area contributed by atoms with Crippen molar-refractivity contribution >= 4 is 11.7 Å². The number of amides is 2. The van der Waals surface area contributed by atoms with Gasteiger partial charge in [0.15, 0.2) is 0 Å². The number of rotatable bonds is 5. The third-order valence-corrected chi connectivity index (χ3v) is 8.09. The first-order valence-corrected chi connectivity index (χ1v) is 12.2. The molecule has 1 saturated carbocycles. The fraction of sp³-hybridized carbons (Fsp3) is 0.577. The van der Waals surface area contributed by atoms with Crippen molar-refractivity contribution in [3.8, 4) is 0 Å². The molecule has 3 heterocycles. The predicted octanol–water partition coefficient (Wildman–Crippen LogP) is 3.75. The summed E-state index contributed by atoms with van der Waals surface area (Å²) in [5.74, 6) is 1.45. The fourth-order valence-corrected chi connectivity index (χ4v) is 5.89. The molecule has 5 rings (SSSR count). The van der Waals surface area contributed by atoms with E-state index in [1.165, 1.54) is 5.56 Å². The summed E-state index contributed by atoms with van der Waals surface area (Å²) in [6, 6.07) is 10.7. The molecule has 1 aliphatic carbocycles. The average Bonchev–Trinajstić information content (AvgIpc) is 3.17. The number of nitrogens with zero attached hydrogens (tertiary/aromatic N) is 4. The summed E-state index contributed by atoms with van der Waals surface area (Å²) in [7, 11) is 4.34. The van der Waals surface area contributed by atoms with Crippen molar-refractivity contribution in [2.45, 2.75) is 56.0 Å². The molecular formula is C26H35N5O2. The van der Waals surface area contributed by atoms with E-state index < -0.39 is 0 Å². The summed E-state index contributed by atoms with van der Waals surface area (Å²) in [5.41, 5.74) is 1.97. The molecule has 33 heavy (non-hydrogen) atoms. The van der Waals surface area contributed by atoms with Crippen LogP contribution in [0.15, 0.2) is 42.7 Å². The van der Waals surface area contributed by atoms with Crippen molar-refractivity contribution in [3.05, 3.63) is 54.1 Å². The van der Waals surface area contributed by atoms with Crippen LogP contribution in [0.4, 0.5) is 10.5 Å². The molecule has 2 saturated heterocycles. The zero-order valence-corrected chi connectivity index (χ0v) is 19.8. The van der Waals surface area contributed by atoms with Crippen LogP contribution >= 0.6 is 0 Å². The molecule has 1 N–H and O–H groups in total. The van der Waals surface area contributed by atoms with Crippen molar-refractivity contribution in [2.75, 3.05) is 38.8 Å². The van der Waals surface area contributed by atoms with Crippen molar-refractivity contribution in [1.29, 1.82) is 0 Å². The van der Waals surface area contributed by atoms with Gasteiger partial charge in [-0.25, -0.2) is 14.8 Å². The van der Waals surface area contributed by atoms with Crippen LogP contribution in [0.1, 0.15) is 49.9 Å². The van der Waals surface area contributed by atoms with E-state index in [0.29, 0.717) is 12.5 Å². The Morgan fingerprint density at radius 1 is 1.06 bits per heavy atom. The summed E-state index contributed by atoms with van der Waals surface area (Å²) in [5, 5.41) is 3.33. The number of hydrogen-bond donors (Lipinski definition) is 1. The predicted molar refractivity (Wildman–Crippen MR) is 128 cm³/mol. The Hall–Kier alpha value is -2.51. The smallest absolute Gasteiger partial charge is 0.322 e. The third kappa shape index (κ3) is 4.36. The molecule has 176 valence electrons. The number of anilines is 1. The number of urea groups is 1. The highest BCUT2D eigenvalue weighted by molar-refractivity contribution is 5.95. The first-order valence-electron chi connectivity index (χ1n) is 12.2. The van der Waals surface area contributed by atoms with Gasteiger partial charge in [0.2, 0.25) is 0 Å². The van der Waals surface area contributed by atoms with E-state index in [0.717, 1.165) is 69.7 Å². The minimum Gasteiger partial charge on any atom is -0.381 e. The van der Waals surface area contributed by atoms with Crippen molar-refractivity contribution < 1.29 is 9.53 Å². The Kier molecular flexibility index (Phi) is 6.10. The molecule has 0 atom stereocenters. The third-order valence-electron chi connectivity index (χ3n) is 8.09. The molecule has 0 unspecified atom stereocenters. The number of ether oxygens (including phenoxy) is 1. The number of nitrogens with one attached hydrogen (secondary N) is 1. The van der Waals surface area contributed by atoms with Gasteiger partial charge >= 0.3 is 6.03 Å². The highest BCUT2D eigenvalue weighted by Gasteiger charge is 2.50. The fourth-order valence-electron chi connectivity index (χ4n) is 5.89. The minimum absolute atomic E-state index is 0.0135. The van der Waals surface area contributed by atoms with E-state index in [4.69, 9.17) is 4.74 Å². The van der Waals surface area contributed by atoms with Gasteiger partial charge < -0.3 is 10.1 Å². The van der Waals surface area contributed by atoms with Crippen LogP contribution in [-0.2, 0) is 16.7 Å². The molecule has 1 aromatic carbocycles. The normalized spacial score (nSPS) is 28.5. The van der Waals surface area contributed by atoms with Gasteiger partial charge in [0.1, 0.15) is 5.82 Å². The van der Waals surface area contributed by atoms with Gasteiger partial charge in [0, 0.05) is 25.2 Å². The number of hydrogen-bond acceptors (Lipinski definition) is 5. The molecule has 0 bridgehead atoms. The molecule has 0 radical (unpaired) electrons. The number of carbonyl (C=O) groups is 1. The summed E-state index contributed by atoms with van der Waals surface area (Å²) < 4.78 is 5.45. The first kappa shape index (κ1) is 22.3. The Balaban J connectivity index is 1.26. The van der Waals surface area contributed by atoms with Crippen LogP contribution in [0.5, 0.6) is 0 Å². The largest absolute Gasteiger partial charge is 0.381 e. The zero-order valence-electron chi connectivity index (χ0n) is 19.8. The Morgan fingerprint density at radius 3 is 2.36 bits per heavy atom. The second-order valence-corrected chi connectivity index (χ2v) is 10.2. The molecule has 2 amide bonds. The van der Waals surface area contributed by atoms with E-state index in [-0.39, 0.29) is 17.1 Å². The van der Waals surface area contributed by atoms with Gasteiger partial charge in [-0.15, -0.1) is 0 Å². The first-order chi connectivity index (χ1) is 16.0. The standard InChI is InChI=1S/C26H35N5O2/c1-30(2)26(21-6-4-3-5-7-21)12-10-25(11-13-26)19-31(24(32)29-25)22-17-27-23(28-18-22)16-20-8-14-33-15-9-20/h3-7,17-18,20H,8-16,19H2,1-2H3,(H,29,32). The van der Waals surface area contributed by atoms with Gasteiger partial charge in [-0.2, -0.15) is 0 Å². The molecule has 7 heteroatoms. The second kappa shape index (κ2) is 9.03. The number of benzene rings is 1. The molecule has 1 aromatic heterocycles. The van der Waals surface area contributed by atoms with E-state index in [1.807, 2.05) is 17.3 Å². The van der Waals surface area contributed by atoms with Gasteiger partial charge in [-0.05, 0) is 64.1 Å². The highest BCUT2D eigenvalue weighted by atomic mass is 16.5. The van der Waals surface area contributed by atoms with Crippen molar-refractivity contribution in [3.63, 3.8) is 0 Å². The van der Waals surface area contributed by atoms with Gasteiger partial charge in [0.25, 0.3) is 0 Å². The van der Waals surface area contributed by atoms with Gasteiger partial charge in [-0.1, -0.05) is 30.3 Å². The second-order valence-electron chi connectivity index (χ2n) is 10.2. The number of carbonyl (C=O) groups excluding carboxylic acids is 1. The maximum atomic E-state index is 13.0. The highest BCUT2D eigenvalue weighted by Crippen LogP contribution is 2.46. The van der Waals surface area contributed by atoms with Crippen LogP contribution in [0, 0.1) is 5.92 Å². The van der Waals surface area contributed by atoms with Crippen LogP contribution in [-0.4, -0.2) is 60.3 Å². The topological polar surface area (TPSA) is 70.6 Å². The monoisotopic (exact) mass is 449 g/mol. The summed E-state index contributed by atoms with van der Waals surface area (Å²) in [6.45, 7) is 2.34. The van der Waals surface area contributed by atoms with E-state index >= 15 is 0 Å². The summed E-state index contributed by atoms with van der Waals surface area (Å²) in [4.78, 5) is 26.3. The lowest BCUT2D eigenvalue weighted by molar-refractivity contribution is 0.0658. The van der Waals surface area contributed by atoms with Gasteiger partial charge in [-0.3, -0.25) is 9.80 Å². The quantitative estimate of drug-likeness (QED) is 0.753. The SMILES string of the molecule is CN(C)C1(c2ccccc2)CCC2(CC1)CN(c1cnc(CC3CCOCC3)nc1)C(=O)N2. The lowest BCUT2D eigenvalue weighted by Gasteiger charge is -2.48. The Labute approximate surface area is 196 Å². The Bertz CT molecular complexity index is 948. The molecule has 2 aliphatic heterocycles. The minimum atomic E-state index is -0.188. The number of aromatic nitrogens is 2. The molecule has 3 aliphatic rings. The molecule has 2 aromatic rings. The van der Waals surface area contributed by atoms with Crippen molar-refractivity contribution in [2.24, 2.45) is 5.92 Å². The Morgan fingerprint density at radius 2 is 1.73 bits per heavy atom. The van der Waals surface area contributed by atoms with Crippen LogP contribution in [0.3, 0.4) is 0 Å². The van der Waals surface area contributed by atoms with Crippen LogP contribution in [0.2, 0.25) is 0 Å². The molecular weight excluding hydrogens is 414 g/mol. The maximum absolute atomic E-state index is 13.0. The molecule has 7 nitrogen and oxygen atoms in total. The van der Waals surface area contributed by atoms with E-state index in [9.17, 15) is 4.79 Å². The molecule has 3 fully saturated rings. The molecule has 1 spiro atoms. The average molecular weight is 450 g/mol. The van der Waals surface area contributed by atoms with E-state index in [1.54, 1.807) is 0 Å². The maximum Gasteiger partial charge on any atom is 0.322 e. The van der Waals surface area contributed by atoms with Crippen LogP contribution < -0.4 is 10.2 Å². The lowest BCUT2D eigenvalue weighted by Crippen LogP contribution is -2.54. The summed E-state index contributed by atoms with van der Waals surface area (Å²) >= 11 is 0. The van der Waals surface area contributed by atoms with E-state index in [2.05, 4.69) is 64.6 Å². The van der Waals surface area contributed by atoms with Crippen LogP contribution in [0.25, 0.3) is 0 Å². The summed E-state index contributed by atoms with van der Waals surface area (Å²) in [6.07, 6.45) is 10.6. The lowest BCUT2D eigenvalue weighted by atomic mass is 9.69. The zero-order chi connectivity index (χ0) is 22.9.